The molecule has 4 rings (SSSR count). The Bertz CT molecular complexity index is 937. The Morgan fingerprint density at radius 3 is 2.33 bits per heavy atom. The fraction of sp³-hybridized carbons (Fsp3) is 0.222. The maximum absolute atomic E-state index is 12.7. The Labute approximate surface area is 166 Å². The van der Waals surface area contributed by atoms with Crippen LogP contribution in [0.2, 0.25) is 10.0 Å². The van der Waals surface area contributed by atoms with E-state index >= 15 is 0 Å². The van der Waals surface area contributed by atoms with Crippen LogP contribution in [0.4, 0.5) is 5.82 Å². The number of rotatable bonds is 3. The normalized spacial score (nSPS) is 14.4. The van der Waals surface area contributed by atoms with E-state index in [2.05, 4.69) is 20.1 Å². The second kappa shape index (κ2) is 7.54. The number of amides is 1. The first-order valence-electron chi connectivity index (χ1n) is 8.43. The van der Waals surface area contributed by atoms with Gasteiger partial charge in [-0.1, -0.05) is 23.2 Å². The zero-order valence-corrected chi connectivity index (χ0v) is 15.8. The molecule has 1 fully saturated rings. The molecule has 7 nitrogen and oxygen atoms in total. The number of halogens is 2. The summed E-state index contributed by atoms with van der Waals surface area (Å²) in [6.07, 6.45) is 5.19. The molecule has 1 aliphatic heterocycles. The van der Waals surface area contributed by atoms with Crippen molar-refractivity contribution in [1.82, 2.24) is 24.6 Å². The van der Waals surface area contributed by atoms with E-state index in [4.69, 9.17) is 23.2 Å². The van der Waals surface area contributed by atoms with E-state index in [1.807, 2.05) is 18.3 Å². The maximum Gasteiger partial charge on any atom is 0.255 e. The second-order valence-electron chi connectivity index (χ2n) is 6.12. The van der Waals surface area contributed by atoms with Gasteiger partial charge < -0.3 is 9.80 Å². The van der Waals surface area contributed by atoms with Crippen LogP contribution in [-0.2, 0) is 0 Å². The van der Waals surface area contributed by atoms with Gasteiger partial charge in [-0.2, -0.15) is 0 Å². The molecule has 0 atom stereocenters. The summed E-state index contributed by atoms with van der Waals surface area (Å²) in [4.78, 5) is 20.6. The highest BCUT2D eigenvalue weighted by atomic mass is 35.5. The Hall–Kier alpha value is -2.64. The largest absolute Gasteiger partial charge is 0.352 e. The summed E-state index contributed by atoms with van der Waals surface area (Å²) >= 11 is 12.1. The van der Waals surface area contributed by atoms with Crippen molar-refractivity contribution in [3.63, 3.8) is 0 Å². The number of benzene rings is 1. The molecule has 1 aliphatic rings. The van der Waals surface area contributed by atoms with E-state index in [1.165, 1.54) is 0 Å². The van der Waals surface area contributed by atoms with E-state index in [0.717, 1.165) is 5.82 Å². The maximum atomic E-state index is 12.7. The predicted molar refractivity (Wildman–Crippen MR) is 104 cm³/mol. The minimum absolute atomic E-state index is 0.0853. The summed E-state index contributed by atoms with van der Waals surface area (Å²) in [6.45, 7) is 2.53. The number of carbonyl (C=O) groups is 1. The quantitative estimate of drug-likeness (QED) is 0.673. The number of hydrogen-bond donors (Lipinski definition) is 0. The molecule has 1 amide bonds. The highest BCUT2D eigenvalue weighted by Crippen LogP contribution is 2.23. The molecule has 9 heteroatoms. The molecule has 0 radical (unpaired) electrons. The number of nitrogens with zero attached hydrogens (tertiary/aromatic N) is 6. The summed E-state index contributed by atoms with van der Waals surface area (Å²) in [7, 11) is 0. The molecule has 2 aromatic heterocycles. The Morgan fingerprint density at radius 1 is 0.963 bits per heavy atom. The predicted octanol–water partition coefficient (Wildman–Crippen LogP) is 2.93. The summed E-state index contributed by atoms with van der Waals surface area (Å²) in [6, 6.07) is 8.75. The third-order valence-corrected chi connectivity index (χ3v) is 5.01. The minimum atomic E-state index is -0.0853. The highest BCUT2D eigenvalue weighted by Gasteiger charge is 2.24. The van der Waals surface area contributed by atoms with Gasteiger partial charge >= 0.3 is 0 Å². The zero-order chi connectivity index (χ0) is 18.8. The van der Waals surface area contributed by atoms with Crippen molar-refractivity contribution in [2.75, 3.05) is 31.1 Å². The van der Waals surface area contributed by atoms with Gasteiger partial charge in [0.05, 0.1) is 10.6 Å². The highest BCUT2D eigenvalue weighted by molar-refractivity contribution is 6.36. The van der Waals surface area contributed by atoms with Crippen molar-refractivity contribution < 1.29 is 4.79 Å². The molecular formula is C18H16Cl2N6O. The summed E-state index contributed by atoms with van der Waals surface area (Å²) < 4.78 is 1.79. The van der Waals surface area contributed by atoms with Gasteiger partial charge in [-0.05, 0) is 30.3 Å². The summed E-state index contributed by atoms with van der Waals surface area (Å²) in [5.74, 6) is 1.41. The fourth-order valence-corrected chi connectivity index (χ4v) is 3.48. The van der Waals surface area contributed by atoms with Crippen LogP contribution in [0, 0.1) is 0 Å². The number of aromatic nitrogens is 4. The topological polar surface area (TPSA) is 67.2 Å². The molecule has 138 valence electrons. The Morgan fingerprint density at radius 2 is 1.70 bits per heavy atom. The van der Waals surface area contributed by atoms with Crippen LogP contribution in [-0.4, -0.2) is 56.7 Å². The third-order valence-electron chi connectivity index (χ3n) is 4.46. The van der Waals surface area contributed by atoms with Gasteiger partial charge in [0.1, 0.15) is 6.33 Å². The van der Waals surface area contributed by atoms with Crippen molar-refractivity contribution in [3.05, 3.63) is 64.7 Å². The van der Waals surface area contributed by atoms with Crippen molar-refractivity contribution in [2.24, 2.45) is 0 Å². The van der Waals surface area contributed by atoms with Gasteiger partial charge in [-0.15, -0.1) is 10.2 Å². The molecule has 0 N–H and O–H groups in total. The van der Waals surface area contributed by atoms with Crippen molar-refractivity contribution in [1.29, 1.82) is 0 Å². The number of imidazole rings is 1. The lowest BCUT2D eigenvalue weighted by Gasteiger charge is -2.35. The number of hydrogen-bond acceptors (Lipinski definition) is 5. The zero-order valence-electron chi connectivity index (χ0n) is 14.3. The van der Waals surface area contributed by atoms with Crippen LogP contribution in [0.5, 0.6) is 0 Å². The van der Waals surface area contributed by atoms with Gasteiger partial charge in [-0.3, -0.25) is 9.36 Å². The van der Waals surface area contributed by atoms with Crippen LogP contribution in [0.1, 0.15) is 10.4 Å². The van der Waals surface area contributed by atoms with Crippen molar-refractivity contribution in [3.8, 4) is 5.82 Å². The molecular weight excluding hydrogens is 387 g/mol. The third kappa shape index (κ3) is 3.74. The van der Waals surface area contributed by atoms with Crippen LogP contribution in [0.15, 0.2) is 49.1 Å². The van der Waals surface area contributed by atoms with Crippen molar-refractivity contribution in [2.45, 2.75) is 0 Å². The lowest BCUT2D eigenvalue weighted by molar-refractivity contribution is 0.0746. The fourth-order valence-electron chi connectivity index (χ4n) is 2.99. The van der Waals surface area contributed by atoms with Gasteiger partial charge in [-0.25, -0.2) is 4.98 Å². The second-order valence-corrected chi connectivity index (χ2v) is 6.97. The molecule has 3 aromatic rings. The average molecular weight is 403 g/mol. The van der Waals surface area contributed by atoms with E-state index in [0.29, 0.717) is 47.6 Å². The molecule has 0 aliphatic carbocycles. The van der Waals surface area contributed by atoms with Crippen molar-refractivity contribution >= 4 is 34.9 Å². The molecule has 27 heavy (non-hydrogen) atoms. The number of piperazine rings is 1. The molecule has 0 spiro atoms. The molecule has 1 saturated heterocycles. The standard InChI is InChI=1S/C18H16Cl2N6O/c19-13-1-2-14(15(20)11-13)18(27)25-9-7-24(8-10-25)16-3-4-17(23-22-16)26-6-5-21-12-26/h1-6,11-12H,7-10H2. The monoisotopic (exact) mass is 402 g/mol. The van der Waals surface area contributed by atoms with Crippen LogP contribution < -0.4 is 4.90 Å². The summed E-state index contributed by atoms with van der Waals surface area (Å²) in [5, 5.41) is 9.42. The number of anilines is 1. The first kappa shape index (κ1) is 17.8. The smallest absolute Gasteiger partial charge is 0.255 e. The Balaban J connectivity index is 1.40. The first-order chi connectivity index (χ1) is 13.1. The molecule has 3 heterocycles. The number of carbonyl (C=O) groups excluding carboxylic acids is 1. The molecule has 0 saturated carbocycles. The lowest BCUT2D eigenvalue weighted by Crippen LogP contribution is -2.49. The first-order valence-corrected chi connectivity index (χ1v) is 9.19. The van der Waals surface area contributed by atoms with Crippen LogP contribution in [0.25, 0.3) is 5.82 Å². The summed E-state index contributed by atoms with van der Waals surface area (Å²) in [5.41, 5.74) is 0.471. The average Bonchev–Trinajstić information content (AvgIpc) is 3.23. The van der Waals surface area contributed by atoms with Crippen LogP contribution >= 0.6 is 23.2 Å². The van der Waals surface area contributed by atoms with Crippen LogP contribution in [0.3, 0.4) is 0 Å². The van der Waals surface area contributed by atoms with E-state index in [-0.39, 0.29) is 5.91 Å². The molecule has 0 unspecified atom stereocenters. The van der Waals surface area contributed by atoms with E-state index < -0.39 is 0 Å². The minimum Gasteiger partial charge on any atom is -0.352 e. The van der Waals surface area contributed by atoms with E-state index in [9.17, 15) is 4.79 Å². The van der Waals surface area contributed by atoms with Gasteiger partial charge in [0.25, 0.3) is 5.91 Å². The van der Waals surface area contributed by atoms with Gasteiger partial charge in [0.2, 0.25) is 0 Å². The van der Waals surface area contributed by atoms with Gasteiger partial charge in [0.15, 0.2) is 11.6 Å². The van der Waals surface area contributed by atoms with E-state index in [1.54, 1.807) is 40.2 Å². The lowest BCUT2D eigenvalue weighted by atomic mass is 10.2. The molecule has 0 bridgehead atoms. The molecule has 1 aromatic carbocycles. The SMILES string of the molecule is O=C(c1ccc(Cl)cc1Cl)N1CCN(c2ccc(-n3ccnc3)nn2)CC1. The van der Waals surface area contributed by atoms with Gasteiger partial charge in [0, 0.05) is 43.6 Å². The Kier molecular flexibility index (Phi) is 4.96.